The van der Waals surface area contributed by atoms with Gasteiger partial charge in [-0.05, 0) is 83.3 Å². The van der Waals surface area contributed by atoms with Gasteiger partial charge in [0.25, 0.3) is 0 Å². The first-order valence-electron chi connectivity index (χ1n) is 20.6. The van der Waals surface area contributed by atoms with Crippen molar-refractivity contribution >= 4 is 81.1 Å². The molecule has 282 valence electrons. The van der Waals surface area contributed by atoms with E-state index in [1.54, 1.807) is 0 Å². The Morgan fingerprint density at radius 1 is 0.593 bits per heavy atom. The van der Waals surface area contributed by atoms with Crippen LogP contribution in [0.3, 0.4) is 0 Å². The Kier molecular flexibility index (Phi) is 7.85. The Labute approximate surface area is 345 Å². The zero-order chi connectivity index (χ0) is 39.0. The average molecular weight is 778 g/mol. The summed E-state index contributed by atoms with van der Waals surface area (Å²) in [4.78, 5) is 5.43. The monoisotopic (exact) mass is 777 g/mol. The van der Waals surface area contributed by atoms with Crippen LogP contribution in [0.15, 0.2) is 191 Å². The lowest BCUT2D eigenvalue weighted by Crippen LogP contribution is -2.41. The van der Waals surface area contributed by atoms with Crippen LogP contribution in [0.4, 0.5) is 0 Å². The van der Waals surface area contributed by atoms with Crippen molar-refractivity contribution in [3.05, 3.63) is 199 Å². The van der Waals surface area contributed by atoms with Crippen molar-refractivity contribution in [1.29, 1.82) is 0 Å². The summed E-state index contributed by atoms with van der Waals surface area (Å²) in [5, 5.41) is 11.3. The van der Waals surface area contributed by atoms with E-state index in [9.17, 15) is 0 Å². The fourth-order valence-corrected chi connectivity index (χ4v) is 10.9. The Morgan fingerprint density at radius 3 is 2.12 bits per heavy atom. The number of para-hydroxylation sites is 2. The second-order valence-electron chi connectivity index (χ2n) is 15.8. The summed E-state index contributed by atoms with van der Waals surface area (Å²) in [5.41, 5.74) is 11.3. The van der Waals surface area contributed by atoms with Gasteiger partial charge < -0.3 is 14.3 Å². The fourth-order valence-electron chi connectivity index (χ4n) is 9.80. The number of furan rings is 1. The molecule has 3 unspecified atom stereocenters. The van der Waals surface area contributed by atoms with E-state index in [4.69, 9.17) is 9.41 Å². The van der Waals surface area contributed by atoms with Crippen molar-refractivity contribution in [2.45, 2.75) is 25.4 Å². The van der Waals surface area contributed by atoms with Gasteiger partial charge >= 0.3 is 0 Å². The zero-order valence-corrected chi connectivity index (χ0v) is 33.3. The number of hydrogen-bond donors (Lipinski definition) is 1. The molecule has 1 N–H and O–H groups in total. The molecule has 4 heterocycles. The average Bonchev–Trinajstić information content (AvgIpc) is 3.98. The van der Waals surface area contributed by atoms with E-state index in [2.05, 4.69) is 193 Å². The molecule has 0 amide bonds. The molecular weight excluding hydrogens is 739 g/mol. The van der Waals surface area contributed by atoms with E-state index in [-0.39, 0.29) is 18.0 Å². The molecule has 11 aromatic rings. The minimum Gasteiger partial charge on any atom is -0.454 e. The molecule has 59 heavy (non-hydrogen) atoms. The van der Waals surface area contributed by atoms with Crippen molar-refractivity contribution in [2.24, 2.45) is 10.9 Å². The number of rotatable bonds is 6. The largest absolute Gasteiger partial charge is 0.454 e. The van der Waals surface area contributed by atoms with Crippen molar-refractivity contribution in [3.8, 4) is 16.8 Å². The molecule has 4 nitrogen and oxygen atoms in total. The topological polar surface area (TPSA) is 42.5 Å². The molecule has 0 fully saturated rings. The van der Waals surface area contributed by atoms with Crippen LogP contribution < -0.4 is 5.32 Å². The molecule has 3 aromatic heterocycles. The number of benzene rings is 8. The lowest BCUT2D eigenvalue weighted by molar-refractivity contribution is 0.312. The molecule has 1 aliphatic heterocycles. The predicted molar refractivity (Wildman–Crippen MR) is 248 cm³/mol. The van der Waals surface area contributed by atoms with E-state index >= 15 is 0 Å². The number of aliphatic imine (C=N–C) groups is 1. The molecule has 3 atom stereocenters. The number of hydrogen-bond acceptors (Lipinski definition) is 4. The summed E-state index contributed by atoms with van der Waals surface area (Å²) >= 11 is 1.88. The van der Waals surface area contributed by atoms with Gasteiger partial charge in [-0.3, -0.25) is 4.99 Å². The third-order valence-corrected chi connectivity index (χ3v) is 13.7. The van der Waals surface area contributed by atoms with Gasteiger partial charge in [-0.25, -0.2) is 0 Å². The van der Waals surface area contributed by atoms with Crippen LogP contribution in [-0.2, 0) is 0 Å². The first kappa shape index (κ1) is 34.1. The Morgan fingerprint density at radius 2 is 1.31 bits per heavy atom. The molecule has 0 bridgehead atoms. The molecule has 0 aliphatic carbocycles. The minimum absolute atomic E-state index is 0.0314. The van der Waals surface area contributed by atoms with E-state index in [0.717, 1.165) is 56.5 Å². The SMILES string of the molecule is CCC1C(c2ccccc2)N=C(c2ccccc2)NC1c1cccc2sc3ccc(-c4ccc5c(c4)c4ccc6c7ccccc7oc6c4n5-c4ccccc4)cc3c12. The number of nitrogens with one attached hydrogen (secondary N) is 1. The molecule has 0 spiro atoms. The first-order chi connectivity index (χ1) is 29.2. The summed E-state index contributed by atoms with van der Waals surface area (Å²) < 4.78 is 11.6. The second-order valence-corrected chi connectivity index (χ2v) is 16.9. The van der Waals surface area contributed by atoms with Crippen LogP contribution in [0.5, 0.6) is 0 Å². The minimum atomic E-state index is 0.0314. The first-order valence-corrected chi connectivity index (χ1v) is 21.4. The van der Waals surface area contributed by atoms with Gasteiger partial charge in [-0.15, -0.1) is 11.3 Å². The lowest BCUT2D eigenvalue weighted by Gasteiger charge is -2.38. The number of nitrogens with zero attached hydrogens (tertiary/aromatic N) is 2. The highest BCUT2D eigenvalue weighted by molar-refractivity contribution is 7.25. The molecule has 0 radical (unpaired) electrons. The summed E-state index contributed by atoms with van der Waals surface area (Å²) in [6, 6.07) is 66.0. The third kappa shape index (κ3) is 5.38. The lowest BCUT2D eigenvalue weighted by atomic mass is 9.79. The Balaban J connectivity index is 1.03. The van der Waals surface area contributed by atoms with Gasteiger partial charge in [0, 0.05) is 58.9 Å². The number of amidine groups is 1. The molecule has 1 aliphatic rings. The number of thiophene rings is 1. The maximum absolute atomic E-state index is 6.66. The van der Waals surface area contributed by atoms with Gasteiger partial charge in [0.15, 0.2) is 5.58 Å². The smallest absolute Gasteiger partial charge is 0.160 e. The molecule has 0 saturated carbocycles. The van der Waals surface area contributed by atoms with Gasteiger partial charge in [0.1, 0.15) is 11.4 Å². The second kappa shape index (κ2) is 13.6. The predicted octanol–water partition coefficient (Wildman–Crippen LogP) is 14.6. The number of aromatic nitrogens is 1. The molecular formula is C54H39N3OS. The Bertz CT molecular complexity index is 3410. The zero-order valence-electron chi connectivity index (χ0n) is 32.5. The van der Waals surface area contributed by atoms with E-state index in [0.29, 0.717) is 0 Å². The van der Waals surface area contributed by atoms with Crippen molar-refractivity contribution < 1.29 is 4.42 Å². The van der Waals surface area contributed by atoms with Crippen LogP contribution in [0.2, 0.25) is 0 Å². The van der Waals surface area contributed by atoms with Crippen LogP contribution in [0, 0.1) is 5.92 Å². The van der Waals surface area contributed by atoms with Gasteiger partial charge in [0.05, 0.1) is 23.1 Å². The van der Waals surface area contributed by atoms with E-state index < -0.39 is 0 Å². The van der Waals surface area contributed by atoms with E-state index in [1.807, 2.05) is 17.4 Å². The van der Waals surface area contributed by atoms with Crippen molar-refractivity contribution in [2.75, 3.05) is 0 Å². The normalized spacial score (nSPS) is 17.0. The fraction of sp³-hybridized carbons (Fsp3) is 0.0926. The highest BCUT2D eigenvalue weighted by Gasteiger charge is 2.36. The summed E-state index contributed by atoms with van der Waals surface area (Å²) in [5.74, 6) is 1.21. The van der Waals surface area contributed by atoms with Gasteiger partial charge in [-0.2, -0.15) is 0 Å². The maximum atomic E-state index is 6.66. The molecule has 5 heteroatoms. The standard InChI is InChI=1S/C54H39N3OS/c1-2-38-50(33-15-6-3-7-16-33)55-54(34-17-8-4-9-18-34)56-51(38)42-22-14-24-48-49(42)44-32-36(26-30-47(44)59-48)35-25-29-45-43(31-35)40-27-28-41-39-21-12-13-23-46(39)58-53(41)52(40)57(45)37-19-10-5-11-20-37/h3-32,38,50-51H,2H2,1H3,(H,55,56). The van der Waals surface area contributed by atoms with Gasteiger partial charge in [-0.1, -0.05) is 134 Å². The summed E-state index contributed by atoms with van der Waals surface area (Å²) in [6.07, 6.45) is 0.990. The van der Waals surface area contributed by atoms with Crippen molar-refractivity contribution in [3.63, 3.8) is 0 Å². The Hall–Kier alpha value is -6.95. The number of fused-ring (bicyclic) bond motifs is 10. The highest BCUT2D eigenvalue weighted by atomic mass is 32.1. The molecule has 0 saturated heterocycles. The summed E-state index contributed by atoms with van der Waals surface area (Å²) in [6.45, 7) is 2.31. The van der Waals surface area contributed by atoms with Crippen LogP contribution in [0.1, 0.15) is 42.1 Å². The maximum Gasteiger partial charge on any atom is 0.160 e. The molecule has 8 aromatic carbocycles. The van der Waals surface area contributed by atoms with Crippen LogP contribution >= 0.6 is 11.3 Å². The summed E-state index contributed by atoms with van der Waals surface area (Å²) in [7, 11) is 0. The van der Waals surface area contributed by atoms with Crippen LogP contribution in [0.25, 0.3) is 80.7 Å². The highest BCUT2D eigenvalue weighted by Crippen LogP contribution is 2.47. The quantitative estimate of drug-likeness (QED) is 0.183. The van der Waals surface area contributed by atoms with Crippen molar-refractivity contribution in [1.82, 2.24) is 9.88 Å². The van der Waals surface area contributed by atoms with Gasteiger partial charge in [0.2, 0.25) is 0 Å². The van der Waals surface area contributed by atoms with Crippen LogP contribution in [-0.4, -0.2) is 10.4 Å². The van der Waals surface area contributed by atoms with E-state index in [1.165, 1.54) is 53.2 Å². The third-order valence-electron chi connectivity index (χ3n) is 12.5. The molecule has 12 rings (SSSR count).